The van der Waals surface area contributed by atoms with Crippen molar-refractivity contribution in [2.45, 2.75) is 51.9 Å². The van der Waals surface area contributed by atoms with Gasteiger partial charge in [-0.3, -0.25) is 0 Å². The summed E-state index contributed by atoms with van der Waals surface area (Å²) in [6.07, 6.45) is 9.14. The zero-order valence-corrected chi connectivity index (χ0v) is 11.0. The van der Waals surface area contributed by atoms with Gasteiger partial charge in [-0.05, 0) is 38.1 Å². The van der Waals surface area contributed by atoms with Gasteiger partial charge in [0.05, 0.1) is 10.7 Å². The van der Waals surface area contributed by atoms with Crippen LogP contribution in [0.1, 0.15) is 49.2 Å². The van der Waals surface area contributed by atoms with Crippen molar-refractivity contribution in [2.24, 2.45) is 11.1 Å². The maximum atomic E-state index is 6.04. The van der Waals surface area contributed by atoms with Crippen LogP contribution >= 0.6 is 11.3 Å². The standard InChI is InChI=1S/C13H22N2S/c1-11-15-12(9-16-11)8-13(10-14)6-4-2-3-5-7-13/h9H,2-8,10,14H2,1H3. The zero-order chi connectivity index (χ0) is 11.4. The van der Waals surface area contributed by atoms with Crippen LogP contribution in [0, 0.1) is 12.3 Å². The molecule has 0 amide bonds. The fourth-order valence-corrected chi connectivity index (χ4v) is 3.42. The van der Waals surface area contributed by atoms with E-state index in [-0.39, 0.29) is 0 Å². The highest BCUT2D eigenvalue weighted by Crippen LogP contribution is 2.37. The van der Waals surface area contributed by atoms with Crippen LogP contribution in [-0.4, -0.2) is 11.5 Å². The number of hydrogen-bond acceptors (Lipinski definition) is 3. The number of nitrogens with zero attached hydrogens (tertiary/aromatic N) is 1. The molecule has 1 aliphatic carbocycles. The molecule has 3 heteroatoms. The second-order valence-corrected chi connectivity index (χ2v) is 6.22. The lowest BCUT2D eigenvalue weighted by molar-refractivity contribution is 0.250. The molecule has 0 unspecified atom stereocenters. The molecule has 1 aromatic heterocycles. The summed E-state index contributed by atoms with van der Waals surface area (Å²) >= 11 is 1.76. The number of hydrogen-bond donors (Lipinski definition) is 1. The van der Waals surface area contributed by atoms with Crippen LogP contribution in [0.3, 0.4) is 0 Å². The Kier molecular flexibility index (Phi) is 3.98. The summed E-state index contributed by atoms with van der Waals surface area (Å²) in [6.45, 7) is 2.90. The van der Waals surface area contributed by atoms with Gasteiger partial charge in [0.15, 0.2) is 0 Å². The SMILES string of the molecule is Cc1nc(CC2(CN)CCCCCC2)cs1. The van der Waals surface area contributed by atoms with Gasteiger partial charge in [-0.2, -0.15) is 0 Å². The normalized spacial score (nSPS) is 20.6. The second kappa shape index (κ2) is 5.28. The Bertz CT molecular complexity index is 324. The van der Waals surface area contributed by atoms with E-state index in [1.54, 1.807) is 11.3 Å². The van der Waals surface area contributed by atoms with Gasteiger partial charge in [-0.25, -0.2) is 4.98 Å². The monoisotopic (exact) mass is 238 g/mol. The molecule has 0 bridgehead atoms. The van der Waals surface area contributed by atoms with E-state index in [0.29, 0.717) is 5.41 Å². The lowest BCUT2D eigenvalue weighted by Gasteiger charge is -2.30. The van der Waals surface area contributed by atoms with Gasteiger partial charge in [-0.1, -0.05) is 25.7 Å². The number of thiazole rings is 1. The fourth-order valence-electron chi connectivity index (χ4n) is 2.81. The van der Waals surface area contributed by atoms with Gasteiger partial charge in [0.1, 0.15) is 0 Å². The van der Waals surface area contributed by atoms with Crippen LogP contribution < -0.4 is 5.73 Å². The van der Waals surface area contributed by atoms with Crippen LogP contribution in [-0.2, 0) is 6.42 Å². The van der Waals surface area contributed by atoms with E-state index >= 15 is 0 Å². The average Bonchev–Trinajstić information content (AvgIpc) is 2.54. The summed E-state index contributed by atoms with van der Waals surface area (Å²) in [4.78, 5) is 4.59. The number of aromatic nitrogens is 1. The van der Waals surface area contributed by atoms with E-state index in [1.807, 2.05) is 0 Å². The molecule has 1 fully saturated rings. The highest BCUT2D eigenvalue weighted by Gasteiger charge is 2.30. The Balaban J connectivity index is 2.08. The quantitative estimate of drug-likeness (QED) is 0.821. The molecule has 1 aliphatic rings. The van der Waals surface area contributed by atoms with Crippen LogP contribution in [0.2, 0.25) is 0 Å². The van der Waals surface area contributed by atoms with Crippen molar-refractivity contribution in [3.63, 3.8) is 0 Å². The lowest BCUT2D eigenvalue weighted by Crippen LogP contribution is -2.32. The number of aryl methyl sites for hydroxylation is 1. The molecule has 90 valence electrons. The molecular formula is C13H22N2S. The minimum absolute atomic E-state index is 0.344. The second-order valence-electron chi connectivity index (χ2n) is 5.15. The Morgan fingerprint density at radius 3 is 2.50 bits per heavy atom. The number of rotatable bonds is 3. The molecule has 16 heavy (non-hydrogen) atoms. The van der Waals surface area contributed by atoms with Gasteiger partial charge in [0, 0.05) is 5.38 Å². The number of nitrogens with two attached hydrogens (primary N) is 1. The molecule has 1 heterocycles. The molecule has 0 atom stereocenters. The lowest BCUT2D eigenvalue weighted by atomic mass is 9.77. The van der Waals surface area contributed by atoms with Crippen molar-refractivity contribution in [3.05, 3.63) is 16.1 Å². The fraction of sp³-hybridized carbons (Fsp3) is 0.769. The summed E-state index contributed by atoms with van der Waals surface area (Å²) in [7, 11) is 0. The maximum absolute atomic E-state index is 6.04. The summed E-state index contributed by atoms with van der Waals surface area (Å²) in [5.74, 6) is 0. The molecule has 1 aromatic rings. The van der Waals surface area contributed by atoms with Gasteiger partial charge >= 0.3 is 0 Å². The van der Waals surface area contributed by atoms with Crippen LogP contribution in [0.5, 0.6) is 0 Å². The van der Waals surface area contributed by atoms with Crippen LogP contribution in [0.15, 0.2) is 5.38 Å². The smallest absolute Gasteiger partial charge is 0.0897 e. The van der Waals surface area contributed by atoms with Crippen LogP contribution in [0.25, 0.3) is 0 Å². The topological polar surface area (TPSA) is 38.9 Å². The van der Waals surface area contributed by atoms with Gasteiger partial charge < -0.3 is 5.73 Å². The summed E-state index contributed by atoms with van der Waals surface area (Å²) in [6, 6.07) is 0. The first-order valence-corrected chi connectivity index (χ1v) is 7.23. The van der Waals surface area contributed by atoms with Crippen molar-refractivity contribution in [2.75, 3.05) is 6.54 Å². The van der Waals surface area contributed by atoms with E-state index in [4.69, 9.17) is 5.73 Å². The molecule has 0 aromatic carbocycles. The molecule has 2 rings (SSSR count). The molecule has 1 saturated carbocycles. The summed E-state index contributed by atoms with van der Waals surface area (Å²) < 4.78 is 0. The van der Waals surface area contributed by atoms with Gasteiger partial charge in [0.25, 0.3) is 0 Å². The van der Waals surface area contributed by atoms with Crippen molar-refractivity contribution in [1.29, 1.82) is 0 Å². The Labute approximate surface area is 102 Å². The zero-order valence-electron chi connectivity index (χ0n) is 10.2. The predicted molar refractivity (Wildman–Crippen MR) is 69.7 cm³/mol. The van der Waals surface area contributed by atoms with Crippen LogP contribution in [0.4, 0.5) is 0 Å². The van der Waals surface area contributed by atoms with Gasteiger partial charge in [-0.15, -0.1) is 11.3 Å². The molecule has 0 spiro atoms. The van der Waals surface area contributed by atoms with E-state index in [0.717, 1.165) is 13.0 Å². The molecule has 0 radical (unpaired) electrons. The highest BCUT2D eigenvalue weighted by molar-refractivity contribution is 7.09. The Hall–Kier alpha value is -0.410. The van der Waals surface area contributed by atoms with Crippen molar-refractivity contribution >= 4 is 11.3 Å². The summed E-state index contributed by atoms with van der Waals surface area (Å²) in [5.41, 5.74) is 7.64. The minimum atomic E-state index is 0.344. The van der Waals surface area contributed by atoms with Gasteiger partial charge in [0.2, 0.25) is 0 Å². The minimum Gasteiger partial charge on any atom is -0.330 e. The maximum Gasteiger partial charge on any atom is 0.0897 e. The summed E-state index contributed by atoms with van der Waals surface area (Å²) in [5, 5.41) is 3.38. The third kappa shape index (κ3) is 2.83. The first-order chi connectivity index (χ1) is 7.74. The first-order valence-electron chi connectivity index (χ1n) is 6.35. The third-order valence-electron chi connectivity index (χ3n) is 3.82. The van der Waals surface area contributed by atoms with Crippen molar-refractivity contribution < 1.29 is 0 Å². The first kappa shape index (κ1) is 12.1. The highest BCUT2D eigenvalue weighted by atomic mass is 32.1. The Morgan fingerprint density at radius 1 is 1.31 bits per heavy atom. The van der Waals surface area contributed by atoms with E-state index in [1.165, 1.54) is 49.2 Å². The molecular weight excluding hydrogens is 216 g/mol. The van der Waals surface area contributed by atoms with E-state index in [2.05, 4.69) is 17.3 Å². The predicted octanol–water partition coefficient (Wildman–Crippen LogP) is 3.29. The molecule has 2 N–H and O–H groups in total. The average molecular weight is 238 g/mol. The Morgan fingerprint density at radius 2 is 2.00 bits per heavy atom. The molecule has 0 aliphatic heterocycles. The van der Waals surface area contributed by atoms with E-state index in [9.17, 15) is 0 Å². The van der Waals surface area contributed by atoms with E-state index < -0.39 is 0 Å². The van der Waals surface area contributed by atoms with Crippen molar-refractivity contribution in [3.8, 4) is 0 Å². The molecule has 0 saturated heterocycles. The molecule has 2 nitrogen and oxygen atoms in total. The third-order valence-corrected chi connectivity index (χ3v) is 4.64. The largest absolute Gasteiger partial charge is 0.330 e. The van der Waals surface area contributed by atoms with Crippen molar-refractivity contribution in [1.82, 2.24) is 4.98 Å².